The zero-order chi connectivity index (χ0) is 18.7. The van der Waals surface area contributed by atoms with Crippen LogP contribution in [0.25, 0.3) is 0 Å². The van der Waals surface area contributed by atoms with Crippen molar-refractivity contribution in [1.82, 2.24) is 9.88 Å². The number of thiophene rings is 1. The molecule has 9 heteroatoms. The first kappa shape index (κ1) is 18.6. The monoisotopic (exact) mass is 405 g/mol. The van der Waals surface area contributed by atoms with Crippen molar-refractivity contribution in [2.24, 2.45) is 0 Å². The van der Waals surface area contributed by atoms with Crippen LogP contribution in [-0.2, 0) is 6.54 Å². The molecule has 2 aromatic heterocycles. The number of benzene rings is 1. The van der Waals surface area contributed by atoms with Gasteiger partial charge in [0.15, 0.2) is 4.34 Å². The van der Waals surface area contributed by atoms with E-state index in [2.05, 4.69) is 4.98 Å². The highest BCUT2D eigenvalue weighted by Crippen LogP contribution is 2.37. The van der Waals surface area contributed by atoms with Crippen LogP contribution in [0.1, 0.15) is 20.9 Å². The number of hydrogen-bond acceptors (Lipinski definition) is 7. The summed E-state index contributed by atoms with van der Waals surface area (Å²) in [5.41, 5.74) is 1.09. The molecule has 0 fully saturated rings. The van der Waals surface area contributed by atoms with Crippen molar-refractivity contribution >= 4 is 46.0 Å². The van der Waals surface area contributed by atoms with E-state index in [1.54, 1.807) is 35.4 Å². The van der Waals surface area contributed by atoms with Gasteiger partial charge in [0.1, 0.15) is 0 Å². The molecule has 3 aromatic rings. The summed E-state index contributed by atoms with van der Waals surface area (Å²) in [6, 6.07) is 8.47. The third-order valence-corrected chi connectivity index (χ3v) is 6.50. The van der Waals surface area contributed by atoms with Gasteiger partial charge in [0, 0.05) is 34.6 Å². The molecule has 0 unspecified atom stereocenters. The molecule has 26 heavy (non-hydrogen) atoms. The number of nitro groups is 1. The summed E-state index contributed by atoms with van der Waals surface area (Å²) in [6.45, 7) is 2.35. The Morgan fingerprint density at radius 3 is 2.77 bits per heavy atom. The Kier molecular flexibility index (Phi) is 5.70. The number of rotatable bonds is 6. The number of thiazole rings is 1. The summed E-state index contributed by atoms with van der Waals surface area (Å²) in [7, 11) is 1.69. The molecule has 0 saturated heterocycles. The fourth-order valence-electron chi connectivity index (χ4n) is 2.28. The number of carbonyl (C=O) groups is 1. The molecule has 2 heterocycles. The maximum atomic E-state index is 12.6. The van der Waals surface area contributed by atoms with Gasteiger partial charge in [0.25, 0.3) is 11.6 Å². The highest BCUT2D eigenvalue weighted by Gasteiger charge is 2.21. The largest absolute Gasteiger partial charge is 0.337 e. The van der Waals surface area contributed by atoms with E-state index in [0.717, 1.165) is 14.9 Å². The van der Waals surface area contributed by atoms with Crippen molar-refractivity contribution in [3.05, 3.63) is 67.3 Å². The Hall–Kier alpha value is -2.23. The van der Waals surface area contributed by atoms with Gasteiger partial charge in [-0.15, -0.1) is 22.7 Å². The number of carbonyl (C=O) groups excluding carboxylic acids is 1. The van der Waals surface area contributed by atoms with E-state index in [1.807, 2.05) is 29.8 Å². The average molecular weight is 406 g/mol. The molecule has 0 N–H and O–H groups in total. The highest BCUT2D eigenvalue weighted by atomic mass is 32.2. The first-order chi connectivity index (χ1) is 12.4. The maximum absolute atomic E-state index is 12.6. The van der Waals surface area contributed by atoms with E-state index >= 15 is 0 Å². The molecule has 134 valence electrons. The fraction of sp³-hybridized carbons (Fsp3) is 0.176. The molecule has 3 rings (SSSR count). The minimum atomic E-state index is -0.459. The lowest BCUT2D eigenvalue weighted by Gasteiger charge is -2.16. The third kappa shape index (κ3) is 4.29. The molecule has 0 aliphatic heterocycles. The van der Waals surface area contributed by atoms with Crippen molar-refractivity contribution in [3.63, 3.8) is 0 Å². The summed E-state index contributed by atoms with van der Waals surface area (Å²) in [5, 5.41) is 15.3. The minimum absolute atomic E-state index is 0.0850. The average Bonchev–Trinajstić information content (AvgIpc) is 3.26. The van der Waals surface area contributed by atoms with E-state index in [0.29, 0.717) is 17.0 Å². The van der Waals surface area contributed by atoms with E-state index in [4.69, 9.17) is 0 Å². The molecule has 0 atom stereocenters. The standard InChI is InChI=1S/C17H15N3O3S3/c1-11-10-25-17(18-11)26-15-6-5-12(8-14(15)20(22)23)16(21)19(2)9-13-4-3-7-24-13/h3-8,10H,9H2,1-2H3. The number of nitro benzene ring substituents is 1. The van der Waals surface area contributed by atoms with Gasteiger partial charge >= 0.3 is 0 Å². The van der Waals surface area contributed by atoms with Crippen molar-refractivity contribution in [1.29, 1.82) is 0 Å². The second kappa shape index (κ2) is 7.98. The lowest BCUT2D eigenvalue weighted by Crippen LogP contribution is -2.25. The van der Waals surface area contributed by atoms with Gasteiger partial charge in [0.2, 0.25) is 0 Å². The van der Waals surface area contributed by atoms with Crippen molar-refractivity contribution in [2.75, 3.05) is 7.05 Å². The molecule has 1 aromatic carbocycles. The Bertz CT molecular complexity index is 938. The summed E-state index contributed by atoms with van der Waals surface area (Å²) >= 11 is 4.24. The summed E-state index contributed by atoms with van der Waals surface area (Å²) in [4.78, 5) is 31.0. The number of aryl methyl sites for hydroxylation is 1. The maximum Gasteiger partial charge on any atom is 0.284 e. The topological polar surface area (TPSA) is 76.3 Å². The van der Waals surface area contributed by atoms with Gasteiger partial charge in [0.05, 0.1) is 16.4 Å². The van der Waals surface area contributed by atoms with Crippen LogP contribution in [0.4, 0.5) is 5.69 Å². The summed E-state index contributed by atoms with van der Waals surface area (Å²) in [6.07, 6.45) is 0. The first-order valence-electron chi connectivity index (χ1n) is 7.60. The normalized spacial score (nSPS) is 10.7. The van der Waals surface area contributed by atoms with Crippen LogP contribution < -0.4 is 0 Å². The van der Waals surface area contributed by atoms with Gasteiger partial charge < -0.3 is 4.90 Å². The van der Waals surface area contributed by atoms with Crippen LogP contribution in [0.15, 0.2) is 50.3 Å². The number of nitrogens with zero attached hydrogens (tertiary/aromatic N) is 3. The molecule has 0 radical (unpaired) electrons. The summed E-state index contributed by atoms with van der Waals surface area (Å²) < 4.78 is 0.736. The van der Waals surface area contributed by atoms with Crippen LogP contribution in [0.2, 0.25) is 0 Å². The number of aromatic nitrogens is 1. The molecule has 0 spiro atoms. The van der Waals surface area contributed by atoms with Gasteiger partial charge in [-0.25, -0.2) is 4.98 Å². The highest BCUT2D eigenvalue weighted by molar-refractivity contribution is 8.01. The molecule has 0 saturated carbocycles. The van der Waals surface area contributed by atoms with Crippen LogP contribution in [0.5, 0.6) is 0 Å². The quantitative estimate of drug-likeness (QED) is 0.433. The second-order valence-corrected chi connectivity index (χ2v) is 8.72. The van der Waals surface area contributed by atoms with Crippen molar-refractivity contribution in [2.45, 2.75) is 22.7 Å². The molecular weight excluding hydrogens is 390 g/mol. The SMILES string of the molecule is Cc1csc(Sc2ccc(C(=O)N(C)Cc3cccs3)cc2[N+](=O)[O-])n1. The Labute approximate surface area is 162 Å². The van der Waals surface area contributed by atoms with Gasteiger partial charge in [-0.1, -0.05) is 17.8 Å². The van der Waals surface area contributed by atoms with Crippen molar-refractivity contribution < 1.29 is 9.72 Å². The number of hydrogen-bond donors (Lipinski definition) is 0. The lowest BCUT2D eigenvalue weighted by molar-refractivity contribution is -0.387. The predicted octanol–water partition coefficient (Wildman–Crippen LogP) is 4.84. The second-order valence-electron chi connectivity index (χ2n) is 5.54. The third-order valence-electron chi connectivity index (χ3n) is 3.52. The Morgan fingerprint density at radius 2 is 2.15 bits per heavy atom. The molecular formula is C17H15N3O3S3. The summed E-state index contributed by atoms with van der Waals surface area (Å²) in [5.74, 6) is -0.247. The van der Waals surface area contributed by atoms with Crippen LogP contribution in [-0.4, -0.2) is 27.8 Å². The lowest BCUT2D eigenvalue weighted by atomic mass is 10.1. The van der Waals surface area contributed by atoms with E-state index in [-0.39, 0.29) is 11.6 Å². The van der Waals surface area contributed by atoms with Crippen LogP contribution >= 0.6 is 34.4 Å². The van der Waals surface area contributed by atoms with E-state index in [9.17, 15) is 14.9 Å². The van der Waals surface area contributed by atoms with Crippen LogP contribution in [0, 0.1) is 17.0 Å². The molecule has 0 aliphatic carbocycles. The zero-order valence-electron chi connectivity index (χ0n) is 14.0. The smallest absolute Gasteiger partial charge is 0.284 e. The Morgan fingerprint density at radius 1 is 1.35 bits per heavy atom. The van der Waals surface area contributed by atoms with Gasteiger partial charge in [-0.05, 0) is 30.5 Å². The molecule has 1 amide bonds. The Balaban J connectivity index is 1.83. The first-order valence-corrected chi connectivity index (χ1v) is 10.2. The minimum Gasteiger partial charge on any atom is -0.337 e. The van der Waals surface area contributed by atoms with E-state index in [1.165, 1.54) is 29.2 Å². The van der Waals surface area contributed by atoms with Crippen molar-refractivity contribution in [3.8, 4) is 0 Å². The van der Waals surface area contributed by atoms with Gasteiger partial charge in [-0.3, -0.25) is 14.9 Å². The zero-order valence-corrected chi connectivity index (χ0v) is 16.5. The number of amides is 1. The van der Waals surface area contributed by atoms with Crippen LogP contribution in [0.3, 0.4) is 0 Å². The molecule has 0 bridgehead atoms. The molecule has 0 aliphatic rings. The van der Waals surface area contributed by atoms with Gasteiger partial charge in [-0.2, -0.15) is 0 Å². The van der Waals surface area contributed by atoms with E-state index < -0.39 is 4.92 Å². The predicted molar refractivity (Wildman–Crippen MR) is 104 cm³/mol. The fourth-order valence-corrected chi connectivity index (χ4v) is 4.92. The molecule has 6 nitrogen and oxygen atoms in total.